The molecule has 0 atom stereocenters. The fourth-order valence-electron chi connectivity index (χ4n) is 1.31. The van der Waals surface area contributed by atoms with Crippen LogP contribution in [0.2, 0.25) is 0 Å². The van der Waals surface area contributed by atoms with E-state index in [1.54, 1.807) is 11.8 Å². The molecule has 0 saturated heterocycles. The number of carbonyl (C=O) groups excluding carboxylic acids is 1. The van der Waals surface area contributed by atoms with Crippen molar-refractivity contribution in [3.8, 4) is 0 Å². The van der Waals surface area contributed by atoms with Gasteiger partial charge in [0.25, 0.3) is 0 Å². The fraction of sp³-hybridized carbons (Fsp3) is 0. The Morgan fingerprint density at radius 1 is 0.875 bits per heavy atom. The second kappa shape index (κ2) is 5.37. The zero-order chi connectivity index (χ0) is 11.2. The third-order valence-electron chi connectivity index (χ3n) is 2.06. The molecular formula is C13H11NOS. The molecule has 0 aliphatic carbocycles. The van der Waals surface area contributed by atoms with Crippen LogP contribution in [0.15, 0.2) is 64.4 Å². The van der Waals surface area contributed by atoms with Crippen LogP contribution in [0.1, 0.15) is 0 Å². The first-order valence-electron chi connectivity index (χ1n) is 4.91. The summed E-state index contributed by atoms with van der Waals surface area (Å²) in [6.45, 7) is 0. The van der Waals surface area contributed by atoms with Gasteiger partial charge in [-0.3, -0.25) is 4.79 Å². The number of carbonyl (C=O) groups is 1. The Balaban J connectivity index is 2.08. The Kier molecular flexibility index (Phi) is 3.62. The van der Waals surface area contributed by atoms with E-state index < -0.39 is 0 Å². The van der Waals surface area contributed by atoms with Crippen LogP contribution >= 0.6 is 11.8 Å². The van der Waals surface area contributed by atoms with Crippen LogP contribution in [0.5, 0.6) is 0 Å². The third-order valence-corrected chi connectivity index (χ3v) is 3.07. The second-order valence-electron chi connectivity index (χ2n) is 3.20. The number of rotatable bonds is 4. The van der Waals surface area contributed by atoms with Crippen LogP contribution in [-0.2, 0) is 4.79 Å². The van der Waals surface area contributed by atoms with Crippen LogP contribution in [0, 0.1) is 0 Å². The Hall–Kier alpha value is -1.74. The summed E-state index contributed by atoms with van der Waals surface area (Å²) in [6, 6.07) is 17.9. The minimum absolute atomic E-state index is 0.680. The SMILES string of the molecule is O=CNc1ccc(Sc2ccccc2)cc1. The van der Waals surface area contributed by atoms with Gasteiger partial charge < -0.3 is 5.32 Å². The molecule has 0 fully saturated rings. The van der Waals surface area contributed by atoms with Crippen molar-refractivity contribution in [2.24, 2.45) is 0 Å². The second-order valence-corrected chi connectivity index (χ2v) is 4.35. The molecule has 2 aromatic rings. The maximum absolute atomic E-state index is 10.2. The first-order valence-corrected chi connectivity index (χ1v) is 5.73. The molecule has 2 aromatic carbocycles. The van der Waals surface area contributed by atoms with Gasteiger partial charge >= 0.3 is 0 Å². The molecule has 0 aromatic heterocycles. The smallest absolute Gasteiger partial charge is 0.211 e. The Bertz CT molecular complexity index is 453. The van der Waals surface area contributed by atoms with Crippen molar-refractivity contribution in [2.45, 2.75) is 9.79 Å². The van der Waals surface area contributed by atoms with E-state index in [1.165, 1.54) is 4.90 Å². The molecule has 1 amide bonds. The van der Waals surface area contributed by atoms with Crippen molar-refractivity contribution in [2.75, 3.05) is 5.32 Å². The largest absolute Gasteiger partial charge is 0.329 e. The van der Waals surface area contributed by atoms with Crippen molar-refractivity contribution in [1.82, 2.24) is 0 Å². The standard InChI is InChI=1S/C13H11NOS/c15-10-14-11-6-8-13(9-7-11)16-12-4-2-1-3-5-12/h1-10H,(H,14,15). The molecule has 0 radical (unpaired) electrons. The fourth-order valence-corrected chi connectivity index (χ4v) is 2.15. The van der Waals surface area contributed by atoms with Gasteiger partial charge in [0, 0.05) is 15.5 Å². The molecule has 0 spiro atoms. The molecule has 2 rings (SSSR count). The van der Waals surface area contributed by atoms with Crippen LogP contribution in [0.3, 0.4) is 0 Å². The minimum atomic E-state index is 0.680. The summed E-state index contributed by atoms with van der Waals surface area (Å²) in [7, 11) is 0. The van der Waals surface area contributed by atoms with Crippen molar-refractivity contribution in [3.63, 3.8) is 0 Å². The molecule has 0 aliphatic rings. The highest BCUT2D eigenvalue weighted by molar-refractivity contribution is 7.99. The zero-order valence-electron chi connectivity index (χ0n) is 8.59. The van der Waals surface area contributed by atoms with Crippen LogP contribution in [0.25, 0.3) is 0 Å². The quantitative estimate of drug-likeness (QED) is 0.814. The number of hydrogen-bond donors (Lipinski definition) is 1. The monoisotopic (exact) mass is 229 g/mol. The highest BCUT2D eigenvalue weighted by Gasteiger charge is 1.96. The lowest BCUT2D eigenvalue weighted by Crippen LogP contribution is -1.92. The lowest BCUT2D eigenvalue weighted by molar-refractivity contribution is -0.105. The Labute approximate surface area is 98.7 Å². The molecule has 80 valence electrons. The maximum atomic E-state index is 10.2. The highest BCUT2D eigenvalue weighted by atomic mass is 32.2. The van der Waals surface area contributed by atoms with E-state index in [-0.39, 0.29) is 0 Å². The third kappa shape index (κ3) is 2.87. The number of benzene rings is 2. The zero-order valence-corrected chi connectivity index (χ0v) is 9.41. The summed E-state index contributed by atoms with van der Waals surface area (Å²) in [5.41, 5.74) is 0.812. The van der Waals surface area contributed by atoms with E-state index >= 15 is 0 Å². The van der Waals surface area contributed by atoms with Gasteiger partial charge in [0.1, 0.15) is 0 Å². The van der Waals surface area contributed by atoms with E-state index in [0.717, 1.165) is 10.6 Å². The summed E-state index contributed by atoms with van der Waals surface area (Å²) in [6.07, 6.45) is 0.680. The lowest BCUT2D eigenvalue weighted by Gasteiger charge is -2.02. The molecule has 16 heavy (non-hydrogen) atoms. The Morgan fingerprint density at radius 3 is 2.12 bits per heavy atom. The number of hydrogen-bond acceptors (Lipinski definition) is 2. The molecule has 3 heteroatoms. The van der Waals surface area contributed by atoms with Crippen molar-refractivity contribution in [1.29, 1.82) is 0 Å². The molecule has 0 unspecified atom stereocenters. The van der Waals surface area contributed by atoms with Gasteiger partial charge in [-0.05, 0) is 36.4 Å². The topological polar surface area (TPSA) is 29.1 Å². The van der Waals surface area contributed by atoms with E-state index in [1.807, 2.05) is 42.5 Å². The first kappa shape index (κ1) is 10.8. The molecule has 2 nitrogen and oxygen atoms in total. The number of nitrogens with one attached hydrogen (secondary N) is 1. The van der Waals surface area contributed by atoms with E-state index in [9.17, 15) is 4.79 Å². The predicted octanol–water partition coefficient (Wildman–Crippen LogP) is 3.41. The van der Waals surface area contributed by atoms with Crippen molar-refractivity contribution >= 4 is 23.9 Å². The van der Waals surface area contributed by atoms with E-state index in [4.69, 9.17) is 0 Å². The number of anilines is 1. The average Bonchev–Trinajstić information content (AvgIpc) is 2.33. The predicted molar refractivity (Wildman–Crippen MR) is 66.7 cm³/mol. The molecule has 0 saturated carbocycles. The summed E-state index contributed by atoms with van der Waals surface area (Å²) in [5.74, 6) is 0. The number of amides is 1. The average molecular weight is 229 g/mol. The van der Waals surface area contributed by atoms with Gasteiger partial charge in [0.15, 0.2) is 0 Å². The Morgan fingerprint density at radius 2 is 1.50 bits per heavy atom. The summed E-state index contributed by atoms with van der Waals surface area (Å²) in [4.78, 5) is 12.6. The van der Waals surface area contributed by atoms with Gasteiger partial charge in [0.05, 0.1) is 0 Å². The van der Waals surface area contributed by atoms with Crippen LogP contribution < -0.4 is 5.32 Å². The summed E-state index contributed by atoms with van der Waals surface area (Å²) in [5, 5.41) is 2.61. The van der Waals surface area contributed by atoms with Crippen molar-refractivity contribution < 1.29 is 4.79 Å². The molecule has 0 aliphatic heterocycles. The van der Waals surface area contributed by atoms with Gasteiger partial charge in [-0.25, -0.2) is 0 Å². The van der Waals surface area contributed by atoms with Gasteiger partial charge in [0.2, 0.25) is 6.41 Å². The highest BCUT2D eigenvalue weighted by Crippen LogP contribution is 2.27. The summed E-state index contributed by atoms with van der Waals surface area (Å²) >= 11 is 1.70. The summed E-state index contributed by atoms with van der Waals surface area (Å²) < 4.78 is 0. The normalized spacial score (nSPS) is 9.75. The first-order chi connectivity index (χ1) is 7.88. The van der Waals surface area contributed by atoms with E-state index in [2.05, 4.69) is 17.4 Å². The van der Waals surface area contributed by atoms with Gasteiger partial charge in [-0.2, -0.15) is 0 Å². The van der Waals surface area contributed by atoms with E-state index in [0.29, 0.717) is 6.41 Å². The molecular weight excluding hydrogens is 218 g/mol. The van der Waals surface area contributed by atoms with Crippen LogP contribution in [0.4, 0.5) is 5.69 Å². The van der Waals surface area contributed by atoms with Gasteiger partial charge in [-0.15, -0.1) is 0 Å². The van der Waals surface area contributed by atoms with Gasteiger partial charge in [-0.1, -0.05) is 30.0 Å². The van der Waals surface area contributed by atoms with Crippen molar-refractivity contribution in [3.05, 3.63) is 54.6 Å². The maximum Gasteiger partial charge on any atom is 0.211 e. The molecule has 1 N–H and O–H groups in total. The molecule has 0 heterocycles. The van der Waals surface area contributed by atoms with Crippen LogP contribution in [-0.4, -0.2) is 6.41 Å². The molecule has 0 bridgehead atoms. The minimum Gasteiger partial charge on any atom is -0.329 e. The lowest BCUT2D eigenvalue weighted by atomic mass is 10.3.